The van der Waals surface area contributed by atoms with Crippen LogP contribution in [0.4, 0.5) is 14.9 Å². The molecule has 1 heterocycles. The minimum absolute atomic E-state index is 0.0466. The molecular weight excluding hydrogens is 255 g/mol. The van der Waals surface area contributed by atoms with Gasteiger partial charge in [-0.25, -0.2) is 9.18 Å². The number of nitrogens with zero attached hydrogens (tertiary/aromatic N) is 1. The van der Waals surface area contributed by atoms with Crippen molar-refractivity contribution in [1.29, 1.82) is 0 Å². The molecule has 2 N–H and O–H groups in total. The molecule has 1 fully saturated rings. The Bertz CT molecular complexity index is 547. The maximum atomic E-state index is 13.8. The predicted molar refractivity (Wildman–Crippen MR) is 63.7 cm³/mol. The lowest BCUT2D eigenvalue weighted by molar-refractivity contribution is -0.118. The Balaban J connectivity index is 2.22. The van der Waals surface area contributed by atoms with Gasteiger partial charge in [0.1, 0.15) is 18.1 Å². The van der Waals surface area contributed by atoms with Crippen molar-refractivity contribution in [2.75, 3.05) is 11.4 Å². The second-order valence-electron chi connectivity index (χ2n) is 4.11. The van der Waals surface area contributed by atoms with E-state index >= 15 is 0 Å². The largest absolute Gasteiger partial charge is 0.465 e. The molecule has 0 spiro atoms. The maximum absolute atomic E-state index is 13.8. The number of hydrogen-bond donors (Lipinski definition) is 2. The lowest BCUT2D eigenvalue weighted by Gasteiger charge is -2.17. The van der Waals surface area contributed by atoms with Gasteiger partial charge in [-0.15, -0.1) is 0 Å². The fourth-order valence-electron chi connectivity index (χ4n) is 2.02. The molecule has 1 atom stereocenters. The van der Waals surface area contributed by atoms with Gasteiger partial charge in [0.2, 0.25) is 5.91 Å². The first kappa shape index (κ1) is 13.0. The van der Waals surface area contributed by atoms with Crippen LogP contribution in [0.1, 0.15) is 16.8 Å². The van der Waals surface area contributed by atoms with Gasteiger partial charge in [-0.2, -0.15) is 0 Å². The van der Waals surface area contributed by atoms with Gasteiger partial charge < -0.3 is 15.3 Å². The molecule has 7 heteroatoms. The van der Waals surface area contributed by atoms with Gasteiger partial charge in [0.25, 0.3) is 0 Å². The second kappa shape index (κ2) is 5.05. The zero-order chi connectivity index (χ0) is 14.0. The van der Waals surface area contributed by atoms with Gasteiger partial charge in [-0.1, -0.05) is 0 Å². The van der Waals surface area contributed by atoms with Crippen LogP contribution in [0.2, 0.25) is 0 Å². The van der Waals surface area contributed by atoms with E-state index in [1.165, 1.54) is 17.0 Å². The molecule has 6 nitrogen and oxygen atoms in total. The zero-order valence-electron chi connectivity index (χ0n) is 9.80. The van der Waals surface area contributed by atoms with Crippen LogP contribution in [0.5, 0.6) is 0 Å². The molecule has 2 amide bonds. The number of nitrogens with one attached hydrogen (secondary N) is 1. The van der Waals surface area contributed by atoms with E-state index in [-0.39, 0.29) is 24.2 Å². The third-order valence-corrected chi connectivity index (χ3v) is 2.90. The van der Waals surface area contributed by atoms with Gasteiger partial charge in [-0.05, 0) is 24.6 Å². The van der Waals surface area contributed by atoms with E-state index in [2.05, 4.69) is 5.32 Å². The minimum Gasteiger partial charge on any atom is -0.465 e. The molecule has 1 aliphatic heterocycles. The van der Waals surface area contributed by atoms with Crippen LogP contribution < -0.4 is 10.2 Å². The van der Waals surface area contributed by atoms with Crippen LogP contribution in [0.25, 0.3) is 0 Å². The number of carboxylic acid groups (broad SMARTS) is 1. The quantitative estimate of drug-likeness (QED) is 0.799. The Morgan fingerprint density at radius 3 is 2.84 bits per heavy atom. The van der Waals surface area contributed by atoms with Crippen LogP contribution in [-0.4, -0.2) is 36.0 Å². The maximum Gasteiger partial charge on any atom is 0.405 e. The highest BCUT2D eigenvalue weighted by atomic mass is 19.1. The summed E-state index contributed by atoms with van der Waals surface area (Å²) < 4.78 is 13.8. The summed E-state index contributed by atoms with van der Waals surface area (Å²) in [4.78, 5) is 34.1. The van der Waals surface area contributed by atoms with E-state index in [1.54, 1.807) is 0 Å². The number of carbonyl (C=O) groups is 3. The average molecular weight is 266 g/mol. The standard InChI is InChI=1S/C12H11FN2O4/c13-8-5-7(6-16)1-2-10(8)15-4-3-9(11(15)17)14-12(18)19/h1-2,5-6,9,14H,3-4H2,(H,18,19)/t9-/m0/s1. The Hall–Kier alpha value is -2.44. The summed E-state index contributed by atoms with van der Waals surface area (Å²) in [5, 5.41) is 10.7. The fraction of sp³-hybridized carbons (Fsp3) is 0.250. The number of hydrogen-bond acceptors (Lipinski definition) is 3. The Morgan fingerprint density at radius 2 is 2.26 bits per heavy atom. The van der Waals surface area contributed by atoms with E-state index < -0.39 is 23.9 Å². The lowest BCUT2D eigenvalue weighted by Crippen LogP contribution is -2.41. The molecule has 0 saturated carbocycles. The van der Waals surface area contributed by atoms with E-state index in [9.17, 15) is 18.8 Å². The third kappa shape index (κ3) is 2.54. The normalized spacial score (nSPS) is 18.5. The number of halogens is 1. The average Bonchev–Trinajstić information content (AvgIpc) is 2.70. The first-order chi connectivity index (χ1) is 9.02. The van der Waals surface area contributed by atoms with Crippen molar-refractivity contribution in [3.8, 4) is 0 Å². The Labute approximate surface area is 107 Å². The molecule has 1 aromatic carbocycles. The number of carbonyl (C=O) groups excluding carboxylic acids is 2. The van der Waals surface area contributed by atoms with Gasteiger partial charge >= 0.3 is 6.09 Å². The van der Waals surface area contributed by atoms with Gasteiger partial charge in [0.15, 0.2) is 0 Å². The van der Waals surface area contributed by atoms with Crippen LogP contribution >= 0.6 is 0 Å². The summed E-state index contributed by atoms with van der Waals surface area (Å²) in [5.74, 6) is -1.19. The number of aldehydes is 1. The molecule has 19 heavy (non-hydrogen) atoms. The predicted octanol–water partition coefficient (Wildman–Crippen LogP) is 1.01. The molecule has 0 aromatic heterocycles. The molecule has 0 radical (unpaired) electrons. The summed E-state index contributed by atoms with van der Waals surface area (Å²) >= 11 is 0. The van der Waals surface area contributed by atoms with Crippen molar-refractivity contribution < 1.29 is 23.9 Å². The third-order valence-electron chi connectivity index (χ3n) is 2.90. The van der Waals surface area contributed by atoms with Gasteiger partial charge in [0, 0.05) is 12.1 Å². The summed E-state index contributed by atoms with van der Waals surface area (Å²) in [5.41, 5.74) is 0.221. The molecule has 0 bridgehead atoms. The lowest BCUT2D eigenvalue weighted by atomic mass is 10.2. The molecule has 0 aliphatic carbocycles. The first-order valence-electron chi connectivity index (χ1n) is 5.58. The molecule has 1 saturated heterocycles. The molecule has 2 rings (SSSR count). The summed E-state index contributed by atoms with van der Waals surface area (Å²) in [6.45, 7) is 0.223. The number of amides is 2. The van der Waals surface area contributed by atoms with Gasteiger partial charge in [-0.3, -0.25) is 9.59 Å². The van der Waals surface area contributed by atoms with Crippen molar-refractivity contribution in [1.82, 2.24) is 5.32 Å². The topological polar surface area (TPSA) is 86.7 Å². The molecule has 100 valence electrons. The molecule has 1 aliphatic rings. The summed E-state index contributed by atoms with van der Waals surface area (Å²) in [6, 6.07) is 2.91. The summed E-state index contributed by atoms with van der Waals surface area (Å²) in [6.07, 6.45) is -0.509. The number of rotatable bonds is 3. The number of anilines is 1. The second-order valence-corrected chi connectivity index (χ2v) is 4.11. The monoisotopic (exact) mass is 266 g/mol. The van der Waals surface area contributed by atoms with Crippen LogP contribution in [-0.2, 0) is 4.79 Å². The highest BCUT2D eigenvalue weighted by Gasteiger charge is 2.34. The van der Waals surface area contributed by atoms with Crippen LogP contribution in [0.3, 0.4) is 0 Å². The highest BCUT2D eigenvalue weighted by molar-refractivity contribution is 6.01. The van der Waals surface area contributed by atoms with Crippen molar-refractivity contribution in [2.24, 2.45) is 0 Å². The minimum atomic E-state index is -1.29. The van der Waals surface area contributed by atoms with Crippen LogP contribution in [0.15, 0.2) is 18.2 Å². The van der Waals surface area contributed by atoms with Crippen molar-refractivity contribution in [3.63, 3.8) is 0 Å². The van der Waals surface area contributed by atoms with E-state index in [4.69, 9.17) is 5.11 Å². The van der Waals surface area contributed by atoms with Crippen molar-refractivity contribution >= 4 is 24.0 Å². The van der Waals surface area contributed by atoms with E-state index in [0.29, 0.717) is 6.29 Å². The zero-order valence-corrected chi connectivity index (χ0v) is 9.80. The molecule has 1 aromatic rings. The van der Waals surface area contributed by atoms with Crippen LogP contribution in [0, 0.1) is 5.82 Å². The Morgan fingerprint density at radius 1 is 1.53 bits per heavy atom. The Kier molecular flexibility index (Phi) is 3.46. The van der Waals surface area contributed by atoms with E-state index in [1.807, 2.05) is 0 Å². The fourth-order valence-corrected chi connectivity index (χ4v) is 2.02. The molecular formula is C12H11FN2O4. The first-order valence-corrected chi connectivity index (χ1v) is 5.58. The van der Waals surface area contributed by atoms with Gasteiger partial charge in [0.05, 0.1) is 5.69 Å². The number of benzene rings is 1. The summed E-state index contributed by atoms with van der Waals surface area (Å²) in [7, 11) is 0. The smallest absolute Gasteiger partial charge is 0.405 e. The highest BCUT2D eigenvalue weighted by Crippen LogP contribution is 2.25. The molecule has 0 unspecified atom stereocenters. The van der Waals surface area contributed by atoms with Crippen molar-refractivity contribution in [2.45, 2.75) is 12.5 Å². The SMILES string of the molecule is O=Cc1ccc(N2CC[C@H](NC(=O)O)C2=O)c(F)c1. The van der Waals surface area contributed by atoms with E-state index in [0.717, 1.165) is 6.07 Å². The van der Waals surface area contributed by atoms with Crippen molar-refractivity contribution in [3.05, 3.63) is 29.6 Å².